The Morgan fingerprint density at radius 3 is 2.41 bits per heavy atom. The number of sulfonamides is 1. The number of benzene rings is 2. The molecule has 0 bridgehead atoms. The van der Waals surface area contributed by atoms with Gasteiger partial charge in [0.1, 0.15) is 17.7 Å². The van der Waals surface area contributed by atoms with Gasteiger partial charge >= 0.3 is 0 Å². The molecular weight excluding hydrogens is 421 g/mol. The van der Waals surface area contributed by atoms with Crippen molar-refractivity contribution in [3.63, 3.8) is 0 Å². The van der Waals surface area contributed by atoms with Crippen LogP contribution in [0.5, 0.6) is 0 Å². The van der Waals surface area contributed by atoms with Gasteiger partial charge in [-0.05, 0) is 36.8 Å². The molecular formula is C17H16Cl2F2N2O3S. The molecule has 0 aliphatic rings. The third-order valence-electron chi connectivity index (χ3n) is 3.66. The molecule has 0 radical (unpaired) electrons. The maximum absolute atomic E-state index is 13.8. The molecule has 0 heterocycles. The van der Waals surface area contributed by atoms with Crippen LogP contribution in [0.2, 0.25) is 10.0 Å². The van der Waals surface area contributed by atoms with Gasteiger partial charge in [-0.1, -0.05) is 30.1 Å². The van der Waals surface area contributed by atoms with Crippen LogP contribution in [0.25, 0.3) is 0 Å². The zero-order chi connectivity index (χ0) is 20.4. The summed E-state index contributed by atoms with van der Waals surface area (Å²) in [7, 11) is -3.95. The lowest BCUT2D eigenvalue weighted by molar-refractivity contribution is -0.117. The minimum Gasteiger partial charge on any atom is -0.322 e. The first kappa shape index (κ1) is 21.4. The molecule has 2 aromatic rings. The molecule has 2 aromatic carbocycles. The Hall–Kier alpha value is -1.90. The van der Waals surface area contributed by atoms with Crippen LogP contribution in [-0.2, 0) is 14.8 Å². The zero-order valence-electron chi connectivity index (χ0n) is 14.3. The number of amides is 1. The van der Waals surface area contributed by atoms with Gasteiger partial charge in [0.05, 0.1) is 22.7 Å². The molecule has 0 aromatic heterocycles. The number of rotatable bonds is 6. The molecule has 0 fully saturated rings. The number of carbonyl (C=O) groups is 1. The average molecular weight is 437 g/mol. The fourth-order valence-electron chi connectivity index (χ4n) is 2.50. The van der Waals surface area contributed by atoms with E-state index < -0.39 is 33.6 Å². The van der Waals surface area contributed by atoms with E-state index in [0.29, 0.717) is 6.07 Å². The Bertz CT molecular complexity index is 971. The Morgan fingerprint density at radius 1 is 1.19 bits per heavy atom. The number of anilines is 2. The number of hydrogen-bond donors (Lipinski definition) is 1. The van der Waals surface area contributed by atoms with Gasteiger partial charge < -0.3 is 5.32 Å². The van der Waals surface area contributed by atoms with E-state index in [9.17, 15) is 22.0 Å². The highest BCUT2D eigenvalue weighted by Crippen LogP contribution is 2.33. The van der Waals surface area contributed by atoms with E-state index in [1.54, 1.807) is 6.92 Å². The average Bonchev–Trinajstić information content (AvgIpc) is 2.56. The predicted molar refractivity (Wildman–Crippen MR) is 103 cm³/mol. The molecule has 5 nitrogen and oxygen atoms in total. The second kappa shape index (κ2) is 8.41. The lowest BCUT2D eigenvalue weighted by Gasteiger charge is -2.30. The molecule has 1 amide bonds. The van der Waals surface area contributed by atoms with Gasteiger partial charge in [0.2, 0.25) is 15.9 Å². The topological polar surface area (TPSA) is 66.5 Å². The third-order valence-corrected chi connectivity index (χ3v) is 5.38. The summed E-state index contributed by atoms with van der Waals surface area (Å²) >= 11 is 12.0. The van der Waals surface area contributed by atoms with Crippen molar-refractivity contribution in [1.29, 1.82) is 0 Å². The summed E-state index contributed by atoms with van der Waals surface area (Å²) < 4.78 is 52.5. The van der Waals surface area contributed by atoms with Crippen molar-refractivity contribution in [2.24, 2.45) is 0 Å². The van der Waals surface area contributed by atoms with Crippen LogP contribution >= 0.6 is 23.2 Å². The van der Waals surface area contributed by atoms with E-state index in [0.717, 1.165) is 22.7 Å². The van der Waals surface area contributed by atoms with Gasteiger partial charge in [-0.15, -0.1) is 0 Å². The highest BCUT2D eigenvalue weighted by Gasteiger charge is 2.33. The summed E-state index contributed by atoms with van der Waals surface area (Å²) in [4.78, 5) is 12.7. The number of carbonyl (C=O) groups excluding carboxylic acids is 1. The van der Waals surface area contributed by atoms with Crippen LogP contribution in [-0.4, -0.2) is 26.6 Å². The lowest BCUT2D eigenvalue weighted by Crippen LogP contribution is -2.47. The van der Waals surface area contributed by atoms with Gasteiger partial charge in [-0.25, -0.2) is 17.2 Å². The summed E-state index contributed by atoms with van der Waals surface area (Å²) in [5, 5.41) is 2.58. The van der Waals surface area contributed by atoms with Crippen molar-refractivity contribution in [3.05, 3.63) is 58.1 Å². The van der Waals surface area contributed by atoms with Gasteiger partial charge in [0.25, 0.3) is 0 Å². The van der Waals surface area contributed by atoms with Gasteiger partial charge in [0, 0.05) is 11.1 Å². The Morgan fingerprint density at radius 2 is 1.85 bits per heavy atom. The highest BCUT2D eigenvalue weighted by atomic mass is 35.5. The van der Waals surface area contributed by atoms with Gasteiger partial charge in [0.15, 0.2) is 0 Å². The molecule has 0 aliphatic heterocycles. The van der Waals surface area contributed by atoms with Crippen molar-refractivity contribution >= 4 is 50.5 Å². The van der Waals surface area contributed by atoms with E-state index in [-0.39, 0.29) is 27.8 Å². The van der Waals surface area contributed by atoms with Crippen molar-refractivity contribution < 1.29 is 22.0 Å². The Labute approximate surface area is 165 Å². The highest BCUT2D eigenvalue weighted by molar-refractivity contribution is 7.92. The Balaban J connectivity index is 2.46. The molecule has 1 unspecified atom stereocenters. The second-order valence-electron chi connectivity index (χ2n) is 5.69. The molecule has 10 heteroatoms. The predicted octanol–water partition coefficient (Wildman–Crippen LogP) is 4.45. The molecule has 146 valence electrons. The molecule has 1 N–H and O–H groups in total. The first-order valence-electron chi connectivity index (χ1n) is 7.75. The van der Waals surface area contributed by atoms with Crippen LogP contribution in [0.15, 0.2) is 36.4 Å². The number of hydrogen-bond acceptors (Lipinski definition) is 3. The maximum Gasteiger partial charge on any atom is 0.248 e. The molecule has 27 heavy (non-hydrogen) atoms. The summed E-state index contributed by atoms with van der Waals surface area (Å²) in [5.41, 5.74) is -0.251. The van der Waals surface area contributed by atoms with E-state index in [1.165, 1.54) is 18.2 Å². The van der Waals surface area contributed by atoms with Crippen LogP contribution in [0.4, 0.5) is 20.2 Å². The fourth-order valence-corrected chi connectivity index (χ4v) is 4.14. The van der Waals surface area contributed by atoms with Crippen LogP contribution in [0.1, 0.15) is 13.3 Å². The van der Waals surface area contributed by atoms with Crippen molar-refractivity contribution in [2.75, 3.05) is 15.9 Å². The largest absolute Gasteiger partial charge is 0.322 e. The van der Waals surface area contributed by atoms with Crippen LogP contribution in [0.3, 0.4) is 0 Å². The molecule has 0 saturated carbocycles. The molecule has 0 saturated heterocycles. The quantitative estimate of drug-likeness (QED) is 0.726. The molecule has 0 aliphatic carbocycles. The number of nitrogens with zero attached hydrogens (tertiary/aromatic N) is 1. The second-order valence-corrected chi connectivity index (χ2v) is 8.40. The first-order valence-corrected chi connectivity index (χ1v) is 10.4. The number of halogens is 4. The molecule has 1 atom stereocenters. The molecule has 2 rings (SSSR count). The standard InChI is InChI=1S/C17H16Cl2F2N2O3S/c1-3-15(17(24)22-14-7-5-11(20)9-13(14)21)23(27(2,25)26)16-8-10(18)4-6-12(16)19/h4-9,15H,3H2,1-2H3,(H,22,24). The van der Waals surface area contributed by atoms with E-state index in [4.69, 9.17) is 23.2 Å². The van der Waals surface area contributed by atoms with Gasteiger partial charge in [-0.2, -0.15) is 0 Å². The minimum atomic E-state index is -3.95. The first-order chi connectivity index (χ1) is 12.5. The fraction of sp³-hybridized carbons (Fsp3) is 0.235. The van der Waals surface area contributed by atoms with Crippen molar-refractivity contribution in [3.8, 4) is 0 Å². The molecule has 0 spiro atoms. The van der Waals surface area contributed by atoms with Crippen molar-refractivity contribution in [1.82, 2.24) is 0 Å². The SMILES string of the molecule is CCC(C(=O)Nc1ccc(F)cc1F)N(c1cc(Cl)ccc1Cl)S(C)(=O)=O. The lowest BCUT2D eigenvalue weighted by atomic mass is 10.1. The maximum atomic E-state index is 13.8. The van der Waals surface area contributed by atoms with Crippen LogP contribution in [0, 0.1) is 11.6 Å². The third kappa shape index (κ3) is 5.09. The van der Waals surface area contributed by atoms with E-state index >= 15 is 0 Å². The van der Waals surface area contributed by atoms with Gasteiger partial charge in [-0.3, -0.25) is 9.10 Å². The monoisotopic (exact) mass is 436 g/mol. The minimum absolute atomic E-state index is 0.0215. The zero-order valence-corrected chi connectivity index (χ0v) is 16.7. The summed E-state index contributed by atoms with van der Waals surface area (Å²) in [5.74, 6) is -2.59. The smallest absolute Gasteiger partial charge is 0.248 e. The Kier molecular flexibility index (Phi) is 6.67. The summed E-state index contributed by atoms with van der Waals surface area (Å²) in [6.07, 6.45) is 0.975. The summed E-state index contributed by atoms with van der Waals surface area (Å²) in [6.45, 7) is 1.59. The normalized spacial score (nSPS) is 12.5. The van der Waals surface area contributed by atoms with Crippen molar-refractivity contribution in [2.45, 2.75) is 19.4 Å². The number of nitrogens with one attached hydrogen (secondary N) is 1. The van der Waals surface area contributed by atoms with Crippen LogP contribution < -0.4 is 9.62 Å². The summed E-state index contributed by atoms with van der Waals surface area (Å²) in [6, 6.07) is 5.59. The van der Waals surface area contributed by atoms with E-state index in [2.05, 4.69) is 5.32 Å². The van der Waals surface area contributed by atoms with E-state index in [1.807, 2.05) is 0 Å².